The molecule has 0 unspecified atom stereocenters. The Kier molecular flexibility index (Phi) is 5.07. The Morgan fingerprint density at radius 1 is 1.40 bits per heavy atom. The van der Waals surface area contributed by atoms with Gasteiger partial charge in [-0.25, -0.2) is 9.78 Å². The number of carboxylic acids is 1. The molecule has 6 heteroatoms. The number of carbonyl (C=O) groups is 1. The minimum Gasteiger partial charge on any atom is -0.477 e. The molecule has 0 bridgehead atoms. The third-order valence-corrected chi connectivity index (χ3v) is 5.13. The molecule has 2 aromatic rings. The van der Waals surface area contributed by atoms with E-state index in [1.54, 1.807) is 11.8 Å². The van der Waals surface area contributed by atoms with Gasteiger partial charge in [-0.15, -0.1) is 23.1 Å². The highest BCUT2D eigenvalue weighted by molar-refractivity contribution is 7.98. The van der Waals surface area contributed by atoms with Crippen molar-refractivity contribution >= 4 is 40.7 Å². The Hall–Kier alpha value is -1.04. The van der Waals surface area contributed by atoms with Crippen LogP contribution >= 0.6 is 34.7 Å². The third kappa shape index (κ3) is 3.75. The molecule has 1 N–H and O–H groups in total. The minimum atomic E-state index is -0.894. The number of aromatic carboxylic acids is 1. The van der Waals surface area contributed by atoms with E-state index in [1.165, 1.54) is 11.3 Å². The molecule has 0 aliphatic rings. The van der Waals surface area contributed by atoms with Crippen molar-refractivity contribution in [3.05, 3.63) is 44.9 Å². The quantitative estimate of drug-likeness (QED) is 0.793. The number of carboxylic acid groups (broad SMARTS) is 1. The minimum absolute atomic E-state index is 0.117. The maximum Gasteiger partial charge on any atom is 0.347 e. The summed E-state index contributed by atoms with van der Waals surface area (Å²) in [5.74, 6) is -0.111. The highest BCUT2D eigenvalue weighted by Gasteiger charge is 2.19. The molecule has 0 atom stereocenters. The second kappa shape index (κ2) is 6.61. The maximum absolute atomic E-state index is 11.2. The molecule has 1 heterocycles. The van der Waals surface area contributed by atoms with Crippen LogP contribution in [0.5, 0.6) is 0 Å². The summed E-state index contributed by atoms with van der Waals surface area (Å²) in [6.07, 6.45) is 0. The average molecular weight is 328 g/mol. The highest BCUT2D eigenvalue weighted by atomic mass is 35.5. The van der Waals surface area contributed by atoms with Crippen molar-refractivity contribution in [2.75, 3.05) is 0 Å². The van der Waals surface area contributed by atoms with Crippen LogP contribution in [-0.4, -0.2) is 16.1 Å². The number of benzene rings is 1. The van der Waals surface area contributed by atoms with E-state index in [1.807, 2.05) is 38.1 Å². The van der Waals surface area contributed by atoms with Gasteiger partial charge in [0, 0.05) is 9.92 Å². The summed E-state index contributed by atoms with van der Waals surface area (Å²) < 4.78 is 0. The van der Waals surface area contributed by atoms with Gasteiger partial charge in [-0.1, -0.05) is 25.4 Å². The second-order valence-corrected chi connectivity index (χ2v) is 7.09. The third-order valence-electron chi connectivity index (χ3n) is 2.61. The molecule has 0 fully saturated rings. The zero-order chi connectivity index (χ0) is 14.7. The van der Waals surface area contributed by atoms with Gasteiger partial charge in [-0.2, -0.15) is 0 Å². The lowest BCUT2D eigenvalue weighted by atomic mass is 10.1. The molecule has 1 aromatic carbocycles. The zero-order valence-corrected chi connectivity index (χ0v) is 13.5. The fourth-order valence-corrected chi connectivity index (χ4v) is 3.73. The SMILES string of the molecule is CC(C)c1nc(CSc2ccc(Cl)cc2)sc1C(=O)O. The molecule has 1 aromatic heterocycles. The number of nitrogens with zero attached hydrogens (tertiary/aromatic N) is 1. The van der Waals surface area contributed by atoms with Gasteiger partial charge in [0.15, 0.2) is 0 Å². The molecule has 0 saturated carbocycles. The second-order valence-electron chi connectivity index (χ2n) is 4.52. The van der Waals surface area contributed by atoms with Gasteiger partial charge >= 0.3 is 5.97 Å². The van der Waals surface area contributed by atoms with E-state index in [0.29, 0.717) is 21.3 Å². The van der Waals surface area contributed by atoms with Crippen LogP contribution in [0.4, 0.5) is 0 Å². The Morgan fingerprint density at radius 3 is 2.55 bits per heavy atom. The smallest absolute Gasteiger partial charge is 0.347 e. The van der Waals surface area contributed by atoms with Gasteiger partial charge < -0.3 is 5.11 Å². The van der Waals surface area contributed by atoms with E-state index in [-0.39, 0.29) is 5.92 Å². The van der Waals surface area contributed by atoms with E-state index in [4.69, 9.17) is 11.6 Å². The predicted octanol–water partition coefficient (Wildman–Crippen LogP) is 4.91. The van der Waals surface area contributed by atoms with Crippen molar-refractivity contribution < 1.29 is 9.90 Å². The normalized spacial score (nSPS) is 11.0. The summed E-state index contributed by atoms with van der Waals surface area (Å²) in [5.41, 5.74) is 0.675. The fourth-order valence-electron chi connectivity index (χ4n) is 1.66. The first-order chi connectivity index (χ1) is 9.47. The van der Waals surface area contributed by atoms with Gasteiger partial charge in [0.05, 0.1) is 11.4 Å². The summed E-state index contributed by atoms with van der Waals surface area (Å²) in [5, 5.41) is 10.7. The number of thioether (sulfide) groups is 1. The van der Waals surface area contributed by atoms with Gasteiger partial charge in [0.2, 0.25) is 0 Å². The van der Waals surface area contributed by atoms with Crippen molar-refractivity contribution in [3.8, 4) is 0 Å². The summed E-state index contributed by atoms with van der Waals surface area (Å²) in [6, 6.07) is 7.58. The first-order valence-electron chi connectivity index (χ1n) is 6.08. The average Bonchev–Trinajstić information content (AvgIpc) is 2.83. The van der Waals surface area contributed by atoms with Gasteiger partial charge in [-0.3, -0.25) is 0 Å². The predicted molar refractivity (Wildman–Crippen MR) is 84.2 cm³/mol. The number of rotatable bonds is 5. The van der Waals surface area contributed by atoms with Crippen molar-refractivity contribution in [1.29, 1.82) is 0 Å². The van der Waals surface area contributed by atoms with E-state index >= 15 is 0 Å². The Bertz CT molecular complexity index is 608. The Morgan fingerprint density at radius 2 is 2.05 bits per heavy atom. The van der Waals surface area contributed by atoms with Crippen LogP contribution in [0.15, 0.2) is 29.2 Å². The maximum atomic E-state index is 11.2. The molecule has 0 spiro atoms. The first-order valence-corrected chi connectivity index (χ1v) is 8.26. The summed E-state index contributed by atoms with van der Waals surface area (Å²) in [6.45, 7) is 3.91. The standard InChI is InChI=1S/C14H14ClNO2S2/c1-8(2)12-13(14(17)18)20-11(16-12)7-19-10-5-3-9(15)4-6-10/h3-6,8H,7H2,1-2H3,(H,17,18). The molecule has 106 valence electrons. The first kappa shape index (κ1) is 15.4. The van der Waals surface area contributed by atoms with Crippen LogP contribution < -0.4 is 0 Å². The fraction of sp³-hybridized carbons (Fsp3) is 0.286. The lowest BCUT2D eigenvalue weighted by molar-refractivity contribution is 0.0700. The van der Waals surface area contributed by atoms with Crippen LogP contribution in [0.3, 0.4) is 0 Å². The van der Waals surface area contributed by atoms with E-state index < -0.39 is 5.97 Å². The Balaban J connectivity index is 2.12. The monoisotopic (exact) mass is 327 g/mol. The molecule has 0 radical (unpaired) electrons. The molecule has 0 saturated heterocycles. The summed E-state index contributed by atoms with van der Waals surface area (Å²) in [4.78, 5) is 17.1. The van der Waals surface area contributed by atoms with E-state index in [9.17, 15) is 9.90 Å². The lowest BCUT2D eigenvalue weighted by Gasteiger charge is -2.00. The van der Waals surface area contributed by atoms with Gasteiger partial charge in [0.1, 0.15) is 9.88 Å². The summed E-state index contributed by atoms with van der Waals surface area (Å²) in [7, 11) is 0. The van der Waals surface area contributed by atoms with Crippen LogP contribution in [0.2, 0.25) is 5.02 Å². The lowest BCUT2D eigenvalue weighted by Crippen LogP contribution is -2.00. The van der Waals surface area contributed by atoms with Crippen molar-refractivity contribution in [3.63, 3.8) is 0 Å². The van der Waals surface area contributed by atoms with Crippen molar-refractivity contribution in [2.45, 2.75) is 30.4 Å². The van der Waals surface area contributed by atoms with Crippen LogP contribution in [0.25, 0.3) is 0 Å². The largest absolute Gasteiger partial charge is 0.477 e. The van der Waals surface area contributed by atoms with E-state index in [2.05, 4.69) is 4.98 Å². The van der Waals surface area contributed by atoms with Crippen molar-refractivity contribution in [2.24, 2.45) is 0 Å². The molecule has 0 aliphatic heterocycles. The molecule has 20 heavy (non-hydrogen) atoms. The molecule has 3 nitrogen and oxygen atoms in total. The number of thiazole rings is 1. The topological polar surface area (TPSA) is 50.2 Å². The number of hydrogen-bond donors (Lipinski definition) is 1. The number of hydrogen-bond acceptors (Lipinski definition) is 4. The number of halogens is 1. The van der Waals surface area contributed by atoms with Gasteiger partial charge in [0.25, 0.3) is 0 Å². The number of aromatic nitrogens is 1. The molecule has 0 amide bonds. The van der Waals surface area contributed by atoms with Crippen LogP contribution in [-0.2, 0) is 5.75 Å². The van der Waals surface area contributed by atoms with E-state index in [0.717, 1.165) is 9.90 Å². The molecular formula is C14H14ClNO2S2. The summed E-state index contributed by atoms with van der Waals surface area (Å²) >= 11 is 8.72. The van der Waals surface area contributed by atoms with Gasteiger partial charge in [-0.05, 0) is 30.2 Å². The molecule has 0 aliphatic carbocycles. The highest BCUT2D eigenvalue weighted by Crippen LogP contribution is 2.30. The van der Waals surface area contributed by atoms with Crippen LogP contribution in [0.1, 0.15) is 40.1 Å². The van der Waals surface area contributed by atoms with Crippen LogP contribution in [0, 0.1) is 0 Å². The van der Waals surface area contributed by atoms with Crippen molar-refractivity contribution in [1.82, 2.24) is 4.98 Å². The Labute approximate surface area is 131 Å². The molecule has 2 rings (SSSR count). The zero-order valence-electron chi connectivity index (χ0n) is 11.1. The molecular weight excluding hydrogens is 314 g/mol.